The Morgan fingerprint density at radius 1 is 1.13 bits per heavy atom. The van der Waals surface area contributed by atoms with E-state index in [1.54, 1.807) is 30.5 Å². The molecule has 2 aromatic carbocycles. The summed E-state index contributed by atoms with van der Waals surface area (Å²) in [5.41, 5.74) is 2.66. The van der Waals surface area contributed by atoms with E-state index in [4.69, 9.17) is 25.8 Å². The van der Waals surface area contributed by atoms with Crippen molar-refractivity contribution in [3.63, 3.8) is 0 Å². The van der Waals surface area contributed by atoms with Gasteiger partial charge in [-0.05, 0) is 55.3 Å². The van der Waals surface area contributed by atoms with Crippen LogP contribution in [-0.4, -0.2) is 40.7 Å². The molecule has 1 aliphatic heterocycles. The van der Waals surface area contributed by atoms with Crippen molar-refractivity contribution >= 4 is 45.6 Å². The van der Waals surface area contributed by atoms with Gasteiger partial charge >= 0.3 is 0 Å². The minimum atomic E-state index is -0.348. The first-order chi connectivity index (χ1) is 19.1. The van der Waals surface area contributed by atoms with E-state index in [9.17, 15) is 4.79 Å². The van der Waals surface area contributed by atoms with Gasteiger partial charge in [0.1, 0.15) is 30.3 Å². The Hall–Kier alpha value is -4.21. The van der Waals surface area contributed by atoms with Crippen molar-refractivity contribution in [1.82, 2.24) is 15.0 Å². The third-order valence-corrected chi connectivity index (χ3v) is 6.50. The maximum absolute atomic E-state index is 12.2. The van der Waals surface area contributed by atoms with Crippen LogP contribution < -0.4 is 20.1 Å². The Balaban J connectivity index is 1.37. The number of halogens is 1. The summed E-state index contributed by atoms with van der Waals surface area (Å²) in [6.45, 7) is 5.78. The molecule has 0 bridgehead atoms. The van der Waals surface area contributed by atoms with Gasteiger partial charge in [-0.15, -0.1) is 0 Å². The molecule has 1 fully saturated rings. The van der Waals surface area contributed by atoms with E-state index in [-0.39, 0.29) is 5.91 Å². The molecule has 0 unspecified atom stereocenters. The summed E-state index contributed by atoms with van der Waals surface area (Å²) in [7, 11) is 0. The molecule has 0 spiro atoms. The first-order valence-corrected chi connectivity index (χ1v) is 13.0. The van der Waals surface area contributed by atoms with Crippen LogP contribution in [-0.2, 0) is 16.1 Å². The number of fused-ring (bicyclic) bond motifs is 1. The minimum Gasteiger partial charge on any atom is -0.491 e. The topological polar surface area (TPSA) is 107 Å². The standard InChI is InChI=1S/C29H28ClN5O4/c1-2-28(36)35-25-13-22-24(14-27(25)38-16-19-6-5-11-37-15-19)32-18-33-29(22)34-20-8-9-26(23(30)12-20)39-17-21-7-3-4-10-31-21/h2-4,7-10,12-14,18-19H,1,5-6,11,15-17H2,(H,35,36)(H,32,33,34)/t19-/m1/s1. The van der Waals surface area contributed by atoms with Gasteiger partial charge in [0.05, 0.1) is 35.1 Å². The first-order valence-electron chi connectivity index (χ1n) is 12.6. The zero-order valence-electron chi connectivity index (χ0n) is 21.2. The van der Waals surface area contributed by atoms with Crippen LogP contribution in [0.4, 0.5) is 17.2 Å². The van der Waals surface area contributed by atoms with Gasteiger partial charge < -0.3 is 24.8 Å². The monoisotopic (exact) mass is 545 g/mol. The fourth-order valence-electron chi connectivity index (χ4n) is 4.20. The Morgan fingerprint density at radius 3 is 2.82 bits per heavy atom. The molecule has 200 valence electrons. The Bertz CT molecular complexity index is 1460. The molecule has 2 aromatic heterocycles. The fraction of sp³-hybridized carbons (Fsp3) is 0.241. The lowest BCUT2D eigenvalue weighted by Gasteiger charge is -2.23. The molecule has 4 aromatic rings. The lowest BCUT2D eigenvalue weighted by molar-refractivity contribution is -0.111. The van der Waals surface area contributed by atoms with Gasteiger partial charge in [0.25, 0.3) is 0 Å². The third kappa shape index (κ3) is 6.81. The normalized spacial score (nSPS) is 14.9. The number of ether oxygens (including phenoxy) is 3. The molecule has 0 aliphatic carbocycles. The Labute approximate surface area is 231 Å². The second-order valence-corrected chi connectivity index (χ2v) is 9.46. The summed E-state index contributed by atoms with van der Waals surface area (Å²) >= 11 is 6.50. The number of pyridine rings is 1. The molecular formula is C29H28ClN5O4. The summed E-state index contributed by atoms with van der Waals surface area (Å²) < 4.78 is 17.5. The van der Waals surface area contributed by atoms with Crippen molar-refractivity contribution in [3.05, 3.63) is 84.4 Å². The molecule has 1 aliphatic rings. The van der Waals surface area contributed by atoms with Crippen molar-refractivity contribution in [3.8, 4) is 11.5 Å². The van der Waals surface area contributed by atoms with Crippen LogP contribution in [0.2, 0.25) is 5.02 Å². The number of aromatic nitrogens is 3. The van der Waals surface area contributed by atoms with Crippen LogP contribution >= 0.6 is 11.6 Å². The van der Waals surface area contributed by atoms with Gasteiger partial charge in [-0.1, -0.05) is 24.2 Å². The number of hydrogen-bond acceptors (Lipinski definition) is 8. The predicted molar refractivity (Wildman–Crippen MR) is 151 cm³/mol. The average molecular weight is 546 g/mol. The van der Waals surface area contributed by atoms with Crippen molar-refractivity contribution in [2.45, 2.75) is 19.4 Å². The second-order valence-electron chi connectivity index (χ2n) is 9.06. The Morgan fingerprint density at radius 2 is 2.05 bits per heavy atom. The van der Waals surface area contributed by atoms with E-state index in [2.05, 4.69) is 32.2 Å². The highest BCUT2D eigenvalue weighted by atomic mass is 35.5. The predicted octanol–water partition coefficient (Wildman–Crippen LogP) is 5.93. The number of hydrogen-bond donors (Lipinski definition) is 2. The molecule has 10 heteroatoms. The molecular weight excluding hydrogens is 518 g/mol. The highest BCUT2D eigenvalue weighted by Crippen LogP contribution is 2.35. The van der Waals surface area contributed by atoms with Gasteiger partial charge in [-0.25, -0.2) is 9.97 Å². The summed E-state index contributed by atoms with van der Waals surface area (Å²) in [6.07, 6.45) is 6.44. The van der Waals surface area contributed by atoms with E-state index in [0.29, 0.717) is 70.4 Å². The number of amides is 1. The van der Waals surface area contributed by atoms with Crippen LogP contribution in [0.5, 0.6) is 11.5 Å². The van der Waals surface area contributed by atoms with Crippen molar-refractivity contribution in [2.75, 3.05) is 30.5 Å². The Kier molecular flexibility index (Phi) is 8.50. The SMILES string of the molecule is C=CC(=O)Nc1cc2c(Nc3ccc(OCc4ccccn4)c(Cl)c3)ncnc2cc1OC[C@@H]1CCCOC1. The van der Waals surface area contributed by atoms with Crippen LogP contribution in [0.3, 0.4) is 0 Å². The maximum atomic E-state index is 12.2. The van der Waals surface area contributed by atoms with Crippen molar-refractivity contribution in [1.29, 1.82) is 0 Å². The largest absolute Gasteiger partial charge is 0.491 e. The molecule has 1 atom stereocenters. The van der Waals surface area contributed by atoms with Crippen LogP contribution in [0.25, 0.3) is 10.9 Å². The summed E-state index contributed by atoms with van der Waals surface area (Å²) in [5.74, 6) is 1.55. The molecule has 3 heterocycles. The third-order valence-electron chi connectivity index (χ3n) is 6.21. The number of nitrogens with one attached hydrogen (secondary N) is 2. The van der Waals surface area contributed by atoms with E-state index in [0.717, 1.165) is 25.1 Å². The number of carbonyl (C=O) groups excluding carboxylic acids is 1. The van der Waals surface area contributed by atoms with Gasteiger partial charge in [-0.3, -0.25) is 9.78 Å². The summed E-state index contributed by atoms with van der Waals surface area (Å²) in [4.78, 5) is 25.3. The van der Waals surface area contributed by atoms with Crippen molar-refractivity contribution < 1.29 is 19.0 Å². The van der Waals surface area contributed by atoms with E-state index < -0.39 is 0 Å². The van der Waals surface area contributed by atoms with Crippen LogP contribution in [0, 0.1) is 5.92 Å². The lowest BCUT2D eigenvalue weighted by Crippen LogP contribution is -2.23. The van der Waals surface area contributed by atoms with Gasteiger partial charge in [0.15, 0.2) is 0 Å². The van der Waals surface area contributed by atoms with Gasteiger partial charge in [0.2, 0.25) is 5.91 Å². The van der Waals surface area contributed by atoms with Gasteiger partial charge in [0, 0.05) is 35.9 Å². The zero-order chi connectivity index (χ0) is 27.0. The van der Waals surface area contributed by atoms with Crippen molar-refractivity contribution in [2.24, 2.45) is 5.92 Å². The van der Waals surface area contributed by atoms with E-state index >= 15 is 0 Å². The number of rotatable bonds is 10. The highest BCUT2D eigenvalue weighted by Gasteiger charge is 2.18. The fourth-order valence-corrected chi connectivity index (χ4v) is 4.43. The molecule has 9 nitrogen and oxygen atoms in total. The first kappa shape index (κ1) is 26.4. The molecule has 2 N–H and O–H groups in total. The molecule has 1 saturated heterocycles. The number of benzene rings is 2. The summed E-state index contributed by atoms with van der Waals surface area (Å²) in [5, 5.41) is 7.26. The lowest BCUT2D eigenvalue weighted by atomic mass is 10.0. The van der Waals surface area contributed by atoms with Crippen LogP contribution in [0.15, 0.2) is 73.7 Å². The number of nitrogens with zero attached hydrogens (tertiary/aromatic N) is 3. The highest BCUT2D eigenvalue weighted by molar-refractivity contribution is 6.32. The minimum absolute atomic E-state index is 0.292. The van der Waals surface area contributed by atoms with E-state index in [1.165, 1.54) is 12.4 Å². The molecule has 5 rings (SSSR count). The molecule has 0 saturated carbocycles. The van der Waals surface area contributed by atoms with Gasteiger partial charge in [-0.2, -0.15) is 0 Å². The smallest absolute Gasteiger partial charge is 0.247 e. The zero-order valence-corrected chi connectivity index (χ0v) is 22.0. The van der Waals surface area contributed by atoms with Crippen LogP contribution in [0.1, 0.15) is 18.5 Å². The number of carbonyl (C=O) groups is 1. The molecule has 39 heavy (non-hydrogen) atoms. The number of anilines is 3. The second kappa shape index (κ2) is 12.6. The summed E-state index contributed by atoms with van der Waals surface area (Å²) in [6, 6.07) is 14.6. The quantitative estimate of drug-likeness (QED) is 0.236. The van der Waals surface area contributed by atoms with E-state index in [1.807, 2.05) is 24.3 Å². The average Bonchev–Trinajstić information content (AvgIpc) is 2.97. The molecule has 0 radical (unpaired) electrons. The maximum Gasteiger partial charge on any atom is 0.247 e. The molecule has 1 amide bonds.